The Morgan fingerprint density at radius 3 is 2.19 bits per heavy atom. The van der Waals surface area contributed by atoms with Crippen LogP contribution in [0.5, 0.6) is 0 Å². The standard InChI is InChI=1S/C18H28N2O5S/c1-11(2)17(18(22)25-10-16(21)19-12(3)4)20-26(23,24)15-8-7-13(5)14(6)9-15/h7-9,11-12,17,20H,10H2,1-6H3,(H,19,21)/t17-/m0/s1. The van der Waals surface area contributed by atoms with Crippen LogP contribution in [0, 0.1) is 19.8 Å². The summed E-state index contributed by atoms with van der Waals surface area (Å²) in [7, 11) is -3.90. The van der Waals surface area contributed by atoms with Gasteiger partial charge < -0.3 is 10.1 Å². The van der Waals surface area contributed by atoms with Gasteiger partial charge in [-0.15, -0.1) is 0 Å². The molecular formula is C18H28N2O5S. The molecule has 0 radical (unpaired) electrons. The van der Waals surface area contributed by atoms with E-state index in [2.05, 4.69) is 10.0 Å². The van der Waals surface area contributed by atoms with Crippen LogP contribution in [0.1, 0.15) is 38.8 Å². The summed E-state index contributed by atoms with van der Waals surface area (Å²) in [5.41, 5.74) is 1.81. The molecule has 0 spiro atoms. The molecule has 0 aliphatic carbocycles. The van der Waals surface area contributed by atoms with Gasteiger partial charge >= 0.3 is 5.97 Å². The molecule has 7 nitrogen and oxygen atoms in total. The number of aryl methyl sites for hydroxylation is 2. The lowest BCUT2D eigenvalue weighted by Gasteiger charge is -2.21. The van der Waals surface area contributed by atoms with Gasteiger partial charge in [-0.3, -0.25) is 9.59 Å². The first kappa shape index (κ1) is 22.1. The average Bonchev–Trinajstić information content (AvgIpc) is 2.52. The first-order valence-electron chi connectivity index (χ1n) is 8.49. The minimum absolute atomic E-state index is 0.0784. The fourth-order valence-corrected chi connectivity index (χ4v) is 3.58. The molecule has 146 valence electrons. The van der Waals surface area contributed by atoms with Crippen molar-refractivity contribution < 1.29 is 22.7 Å². The summed E-state index contributed by atoms with van der Waals surface area (Å²) in [5, 5.41) is 2.60. The molecule has 0 aromatic heterocycles. The molecule has 1 atom stereocenters. The predicted molar refractivity (Wildman–Crippen MR) is 99.1 cm³/mol. The fraction of sp³-hybridized carbons (Fsp3) is 0.556. The topological polar surface area (TPSA) is 102 Å². The molecule has 1 aromatic carbocycles. The quantitative estimate of drug-likeness (QED) is 0.664. The minimum atomic E-state index is -3.90. The zero-order chi connectivity index (χ0) is 20.1. The third-order valence-electron chi connectivity index (χ3n) is 3.79. The normalized spacial score (nSPS) is 12.9. The molecule has 2 N–H and O–H groups in total. The van der Waals surface area contributed by atoms with Crippen molar-refractivity contribution in [2.45, 2.75) is 58.5 Å². The highest BCUT2D eigenvalue weighted by Crippen LogP contribution is 2.16. The van der Waals surface area contributed by atoms with E-state index in [-0.39, 0.29) is 16.9 Å². The van der Waals surface area contributed by atoms with Crippen molar-refractivity contribution in [3.05, 3.63) is 29.3 Å². The lowest BCUT2D eigenvalue weighted by atomic mass is 10.1. The maximum atomic E-state index is 12.6. The van der Waals surface area contributed by atoms with E-state index in [1.807, 2.05) is 13.8 Å². The summed E-state index contributed by atoms with van der Waals surface area (Å²) in [6, 6.07) is 3.59. The Balaban J connectivity index is 2.87. The molecule has 1 amide bonds. The van der Waals surface area contributed by atoms with E-state index < -0.39 is 34.5 Å². The largest absolute Gasteiger partial charge is 0.454 e. The van der Waals surface area contributed by atoms with Crippen molar-refractivity contribution in [3.63, 3.8) is 0 Å². The van der Waals surface area contributed by atoms with E-state index in [9.17, 15) is 18.0 Å². The van der Waals surface area contributed by atoms with Gasteiger partial charge in [-0.2, -0.15) is 4.72 Å². The number of carbonyl (C=O) groups excluding carboxylic acids is 2. The van der Waals surface area contributed by atoms with Gasteiger partial charge in [-0.05, 0) is 56.9 Å². The number of nitrogens with one attached hydrogen (secondary N) is 2. The van der Waals surface area contributed by atoms with Gasteiger partial charge in [0.15, 0.2) is 6.61 Å². The lowest BCUT2D eigenvalue weighted by Crippen LogP contribution is -2.46. The Hall–Kier alpha value is -1.93. The maximum Gasteiger partial charge on any atom is 0.324 e. The average molecular weight is 384 g/mol. The molecule has 0 bridgehead atoms. The number of sulfonamides is 1. The van der Waals surface area contributed by atoms with Crippen LogP contribution in [0.15, 0.2) is 23.1 Å². The van der Waals surface area contributed by atoms with Gasteiger partial charge in [0.2, 0.25) is 10.0 Å². The molecule has 1 rings (SSSR count). The van der Waals surface area contributed by atoms with Crippen LogP contribution < -0.4 is 10.0 Å². The lowest BCUT2D eigenvalue weighted by molar-refractivity contribution is -0.151. The first-order chi connectivity index (χ1) is 11.9. The Bertz CT molecular complexity index is 757. The van der Waals surface area contributed by atoms with Crippen LogP contribution in [-0.4, -0.2) is 39.0 Å². The first-order valence-corrected chi connectivity index (χ1v) is 9.98. The zero-order valence-corrected chi connectivity index (χ0v) is 16.9. The highest BCUT2D eigenvalue weighted by molar-refractivity contribution is 7.89. The van der Waals surface area contributed by atoms with Gasteiger partial charge in [-0.25, -0.2) is 8.42 Å². The van der Waals surface area contributed by atoms with E-state index in [0.29, 0.717) is 0 Å². The van der Waals surface area contributed by atoms with Crippen LogP contribution in [0.2, 0.25) is 0 Å². The number of carbonyl (C=O) groups is 2. The Morgan fingerprint density at radius 1 is 1.08 bits per heavy atom. The highest BCUT2D eigenvalue weighted by atomic mass is 32.2. The molecule has 0 aliphatic heterocycles. The van der Waals surface area contributed by atoms with Crippen molar-refractivity contribution >= 4 is 21.9 Å². The second-order valence-electron chi connectivity index (χ2n) is 6.92. The van der Waals surface area contributed by atoms with Crippen LogP contribution in [0.25, 0.3) is 0 Å². The van der Waals surface area contributed by atoms with Gasteiger partial charge in [0, 0.05) is 6.04 Å². The van der Waals surface area contributed by atoms with Crippen LogP contribution in [0.4, 0.5) is 0 Å². The number of hydrogen-bond acceptors (Lipinski definition) is 5. The summed E-state index contributed by atoms with van der Waals surface area (Å²) in [6.07, 6.45) is 0. The summed E-state index contributed by atoms with van der Waals surface area (Å²) in [4.78, 5) is 24.0. The number of hydrogen-bond donors (Lipinski definition) is 2. The second-order valence-corrected chi connectivity index (χ2v) is 8.63. The zero-order valence-electron chi connectivity index (χ0n) is 16.1. The molecular weight excluding hydrogens is 356 g/mol. The summed E-state index contributed by atoms with van der Waals surface area (Å²) in [5.74, 6) is -1.57. The summed E-state index contributed by atoms with van der Waals surface area (Å²) < 4.78 is 32.6. The number of ether oxygens (including phenoxy) is 1. The highest BCUT2D eigenvalue weighted by Gasteiger charge is 2.30. The van der Waals surface area contributed by atoms with Crippen molar-refractivity contribution in [2.24, 2.45) is 5.92 Å². The van der Waals surface area contributed by atoms with E-state index >= 15 is 0 Å². The fourth-order valence-electron chi connectivity index (χ4n) is 2.16. The van der Waals surface area contributed by atoms with Gasteiger partial charge in [0.05, 0.1) is 4.90 Å². The molecule has 0 unspecified atom stereocenters. The summed E-state index contributed by atoms with van der Waals surface area (Å²) in [6.45, 7) is 10.2. The molecule has 8 heteroatoms. The number of rotatable bonds is 8. The molecule has 0 aliphatic rings. The third-order valence-corrected chi connectivity index (χ3v) is 5.23. The predicted octanol–water partition coefficient (Wildman–Crippen LogP) is 1.67. The Labute approximate surface area is 155 Å². The number of amides is 1. The van der Waals surface area contributed by atoms with Crippen molar-refractivity contribution in [3.8, 4) is 0 Å². The van der Waals surface area contributed by atoms with Crippen molar-refractivity contribution in [2.75, 3.05) is 6.61 Å². The van der Waals surface area contributed by atoms with E-state index in [1.165, 1.54) is 6.07 Å². The molecule has 0 saturated carbocycles. The molecule has 0 saturated heterocycles. The number of benzene rings is 1. The van der Waals surface area contributed by atoms with E-state index in [1.54, 1.807) is 39.8 Å². The van der Waals surface area contributed by atoms with Crippen LogP contribution in [0.3, 0.4) is 0 Å². The van der Waals surface area contributed by atoms with Crippen molar-refractivity contribution in [1.82, 2.24) is 10.0 Å². The second kappa shape index (κ2) is 9.14. The van der Waals surface area contributed by atoms with Gasteiger partial charge in [-0.1, -0.05) is 19.9 Å². The smallest absolute Gasteiger partial charge is 0.324 e. The monoisotopic (exact) mass is 384 g/mol. The summed E-state index contributed by atoms with van der Waals surface area (Å²) >= 11 is 0. The maximum absolute atomic E-state index is 12.6. The van der Waals surface area contributed by atoms with Gasteiger partial charge in [0.25, 0.3) is 5.91 Å². The molecule has 1 aromatic rings. The molecule has 0 heterocycles. The third kappa shape index (κ3) is 6.42. The minimum Gasteiger partial charge on any atom is -0.454 e. The number of esters is 1. The Morgan fingerprint density at radius 2 is 1.69 bits per heavy atom. The van der Waals surface area contributed by atoms with Gasteiger partial charge in [0.1, 0.15) is 6.04 Å². The van der Waals surface area contributed by atoms with Crippen LogP contribution >= 0.6 is 0 Å². The van der Waals surface area contributed by atoms with Crippen LogP contribution in [-0.2, 0) is 24.3 Å². The molecule has 26 heavy (non-hydrogen) atoms. The Kier molecular flexibility index (Phi) is 7.77. The van der Waals surface area contributed by atoms with E-state index in [0.717, 1.165) is 11.1 Å². The SMILES string of the molecule is Cc1ccc(S(=O)(=O)N[C@H](C(=O)OCC(=O)NC(C)C)C(C)C)cc1C. The van der Waals surface area contributed by atoms with Crippen molar-refractivity contribution in [1.29, 1.82) is 0 Å². The molecule has 0 fully saturated rings. The van der Waals surface area contributed by atoms with E-state index in [4.69, 9.17) is 4.74 Å².